The molecule has 3 nitrogen and oxygen atoms in total. The van der Waals surface area contributed by atoms with Gasteiger partial charge in [-0.1, -0.05) is 30.3 Å². The fourth-order valence-corrected chi connectivity index (χ4v) is 3.23. The second-order valence-corrected chi connectivity index (χ2v) is 5.57. The molecule has 0 bridgehead atoms. The third-order valence-electron chi connectivity index (χ3n) is 4.33. The lowest BCUT2D eigenvalue weighted by Gasteiger charge is -2.18. The molecule has 0 heterocycles. The molecule has 1 aliphatic rings. The summed E-state index contributed by atoms with van der Waals surface area (Å²) in [6.45, 7) is 0. The zero-order valence-electron chi connectivity index (χ0n) is 12.5. The van der Waals surface area contributed by atoms with Gasteiger partial charge < -0.3 is 15.2 Å². The maximum atomic E-state index is 6.35. The highest BCUT2D eigenvalue weighted by molar-refractivity contribution is 5.45. The molecular weight excluding hydrogens is 262 g/mol. The molecule has 3 heteroatoms. The van der Waals surface area contributed by atoms with Crippen molar-refractivity contribution in [1.29, 1.82) is 0 Å². The Morgan fingerprint density at radius 2 is 1.81 bits per heavy atom. The summed E-state index contributed by atoms with van der Waals surface area (Å²) in [6.07, 6.45) is 1.90. The van der Waals surface area contributed by atoms with Crippen LogP contribution in [0.5, 0.6) is 11.5 Å². The van der Waals surface area contributed by atoms with E-state index in [1.165, 1.54) is 16.7 Å². The van der Waals surface area contributed by atoms with Gasteiger partial charge in [0.25, 0.3) is 0 Å². The van der Waals surface area contributed by atoms with Crippen molar-refractivity contribution in [3.05, 3.63) is 59.2 Å². The van der Waals surface area contributed by atoms with Crippen LogP contribution in [0, 0.1) is 0 Å². The van der Waals surface area contributed by atoms with Gasteiger partial charge in [-0.3, -0.25) is 0 Å². The van der Waals surface area contributed by atoms with E-state index in [9.17, 15) is 0 Å². The van der Waals surface area contributed by atoms with Crippen LogP contribution in [-0.2, 0) is 12.8 Å². The van der Waals surface area contributed by atoms with Gasteiger partial charge in [-0.25, -0.2) is 0 Å². The SMILES string of the molecule is COc1ccc(C[C@@H]2c3ccccc3C[C@@H]2N)cc1OC. The Morgan fingerprint density at radius 3 is 2.57 bits per heavy atom. The van der Waals surface area contributed by atoms with Gasteiger partial charge in [0.1, 0.15) is 0 Å². The minimum atomic E-state index is 0.190. The topological polar surface area (TPSA) is 44.5 Å². The van der Waals surface area contributed by atoms with Crippen molar-refractivity contribution in [3.8, 4) is 11.5 Å². The van der Waals surface area contributed by atoms with Crippen molar-refractivity contribution in [2.24, 2.45) is 5.73 Å². The minimum absolute atomic E-state index is 0.190. The predicted octanol–water partition coefficient (Wildman–Crippen LogP) is 2.91. The first kappa shape index (κ1) is 14.0. The normalized spacial score (nSPS) is 20.1. The summed E-state index contributed by atoms with van der Waals surface area (Å²) in [5.74, 6) is 1.91. The Balaban J connectivity index is 1.87. The van der Waals surface area contributed by atoms with Crippen LogP contribution in [0.3, 0.4) is 0 Å². The molecule has 2 atom stereocenters. The molecule has 0 amide bonds. The number of methoxy groups -OCH3 is 2. The van der Waals surface area contributed by atoms with Crippen LogP contribution >= 0.6 is 0 Å². The zero-order valence-corrected chi connectivity index (χ0v) is 12.5. The maximum Gasteiger partial charge on any atom is 0.160 e. The molecule has 0 fully saturated rings. The Labute approximate surface area is 125 Å². The quantitative estimate of drug-likeness (QED) is 0.938. The second-order valence-electron chi connectivity index (χ2n) is 5.57. The third-order valence-corrected chi connectivity index (χ3v) is 4.33. The first-order valence-corrected chi connectivity index (χ1v) is 7.27. The summed E-state index contributed by atoms with van der Waals surface area (Å²) in [5, 5.41) is 0. The molecule has 110 valence electrons. The number of hydrogen-bond acceptors (Lipinski definition) is 3. The summed E-state index contributed by atoms with van der Waals surface area (Å²) < 4.78 is 10.7. The molecule has 0 aromatic heterocycles. The molecular formula is C18H21NO2. The summed E-state index contributed by atoms with van der Waals surface area (Å²) >= 11 is 0. The number of ether oxygens (including phenoxy) is 2. The monoisotopic (exact) mass is 283 g/mol. The van der Waals surface area contributed by atoms with Crippen LogP contribution in [0.1, 0.15) is 22.6 Å². The van der Waals surface area contributed by atoms with Crippen molar-refractivity contribution < 1.29 is 9.47 Å². The molecule has 21 heavy (non-hydrogen) atoms. The highest BCUT2D eigenvalue weighted by Crippen LogP contribution is 2.36. The Hall–Kier alpha value is -2.00. The van der Waals surface area contributed by atoms with E-state index in [1.807, 2.05) is 12.1 Å². The van der Waals surface area contributed by atoms with Crippen LogP contribution < -0.4 is 15.2 Å². The van der Waals surface area contributed by atoms with Crippen LogP contribution in [-0.4, -0.2) is 20.3 Å². The fraction of sp³-hybridized carbons (Fsp3) is 0.333. The lowest BCUT2D eigenvalue weighted by molar-refractivity contribution is 0.354. The third kappa shape index (κ3) is 2.61. The van der Waals surface area contributed by atoms with E-state index in [0.29, 0.717) is 5.92 Å². The first-order chi connectivity index (χ1) is 10.2. The molecule has 2 aromatic carbocycles. The van der Waals surface area contributed by atoms with Crippen molar-refractivity contribution >= 4 is 0 Å². The molecule has 1 aliphatic carbocycles. The molecule has 3 rings (SSSR count). The molecule has 0 unspecified atom stereocenters. The van der Waals surface area contributed by atoms with E-state index >= 15 is 0 Å². The second kappa shape index (κ2) is 5.78. The average molecular weight is 283 g/mol. The molecule has 0 saturated carbocycles. The van der Waals surface area contributed by atoms with Gasteiger partial charge in [0.15, 0.2) is 11.5 Å². The smallest absolute Gasteiger partial charge is 0.160 e. The summed E-state index contributed by atoms with van der Waals surface area (Å²) in [4.78, 5) is 0. The van der Waals surface area contributed by atoms with Gasteiger partial charge in [0.05, 0.1) is 14.2 Å². The Kier molecular flexibility index (Phi) is 3.84. The predicted molar refractivity (Wildman–Crippen MR) is 84.1 cm³/mol. The lowest BCUT2D eigenvalue weighted by atomic mass is 9.91. The Morgan fingerprint density at radius 1 is 1.05 bits per heavy atom. The van der Waals surface area contributed by atoms with Crippen LogP contribution in [0.15, 0.2) is 42.5 Å². The van der Waals surface area contributed by atoms with Crippen molar-refractivity contribution in [2.45, 2.75) is 24.8 Å². The van der Waals surface area contributed by atoms with E-state index in [4.69, 9.17) is 15.2 Å². The van der Waals surface area contributed by atoms with E-state index in [2.05, 4.69) is 30.3 Å². The summed E-state index contributed by atoms with van der Waals surface area (Å²) in [5.41, 5.74) is 10.3. The van der Waals surface area contributed by atoms with Crippen molar-refractivity contribution in [1.82, 2.24) is 0 Å². The van der Waals surface area contributed by atoms with Gasteiger partial charge in [-0.05, 0) is 41.7 Å². The van der Waals surface area contributed by atoms with Gasteiger partial charge in [0, 0.05) is 12.0 Å². The minimum Gasteiger partial charge on any atom is -0.493 e. The Bertz CT molecular complexity index is 639. The molecule has 2 aromatic rings. The van der Waals surface area contributed by atoms with Crippen molar-refractivity contribution in [2.75, 3.05) is 14.2 Å². The number of benzene rings is 2. The fourth-order valence-electron chi connectivity index (χ4n) is 3.23. The number of nitrogens with two attached hydrogens (primary N) is 1. The van der Waals surface area contributed by atoms with Gasteiger partial charge in [-0.15, -0.1) is 0 Å². The van der Waals surface area contributed by atoms with Crippen molar-refractivity contribution in [3.63, 3.8) is 0 Å². The van der Waals surface area contributed by atoms with Crippen LogP contribution in [0.4, 0.5) is 0 Å². The molecule has 0 spiro atoms. The summed E-state index contributed by atoms with van der Waals surface area (Å²) in [6, 6.07) is 14.9. The zero-order chi connectivity index (χ0) is 14.8. The number of hydrogen-bond donors (Lipinski definition) is 1. The number of fused-ring (bicyclic) bond motifs is 1. The summed E-state index contributed by atoms with van der Waals surface area (Å²) in [7, 11) is 3.32. The molecule has 0 radical (unpaired) electrons. The molecule has 2 N–H and O–H groups in total. The first-order valence-electron chi connectivity index (χ1n) is 7.27. The molecule has 0 saturated heterocycles. The highest BCUT2D eigenvalue weighted by Gasteiger charge is 2.29. The van der Waals surface area contributed by atoms with Gasteiger partial charge in [-0.2, -0.15) is 0 Å². The van der Waals surface area contributed by atoms with E-state index in [1.54, 1.807) is 14.2 Å². The van der Waals surface area contributed by atoms with E-state index in [0.717, 1.165) is 24.3 Å². The standard InChI is InChI=1S/C18H21NO2/c1-20-17-8-7-12(10-18(17)21-2)9-15-14-6-4-3-5-13(14)11-16(15)19/h3-8,10,15-16H,9,11,19H2,1-2H3/t15-,16+/m1/s1. The average Bonchev–Trinajstić information content (AvgIpc) is 2.83. The number of rotatable bonds is 4. The van der Waals surface area contributed by atoms with Gasteiger partial charge in [0.2, 0.25) is 0 Å². The van der Waals surface area contributed by atoms with Gasteiger partial charge >= 0.3 is 0 Å². The lowest BCUT2D eigenvalue weighted by Crippen LogP contribution is -2.26. The molecule has 0 aliphatic heterocycles. The van der Waals surface area contributed by atoms with Crippen LogP contribution in [0.25, 0.3) is 0 Å². The van der Waals surface area contributed by atoms with E-state index in [-0.39, 0.29) is 6.04 Å². The van der Waals surface area contributed by atoms with Crippen LogP contribution in [0.2, 0.25) is 0 Å². The largest absolute Gasteiger partial charge is 0.493 e. The highest BCUT2D eigenvalue weighted by atomic mass is 16.5. The maximum absolute atomic E-state index is 6.35. The van der Waals surface area contributed by atoms with E-state index < -0.39 is 0 Å².